The molecule has 1 aromatic rings. The van der Waals surface area contributed by atoms with E-state index in [0.717, 1.165) is 40.7 Å². The molecule has 0 radical (unpaired) electrons. The van der Waals surface area contributed by atoms with Gasteiger partial charge in [0, 0.05) is 13.1 Å². The maximum atomic E-state index is 13.1. The molecule has 27 heavy (non-hydrogen) atoms. The summed E-state index contributed by atoms with van der Waals surface area (Å²) in [5.41, 5.74) is 4.61. The second-order valence-electron chi connectivity index (χ2n) is 7.95. The van der Waals surface area contributed by atoms with Crippen LogP contribution in [0.4, 0.5) is 0 Å². The van der Waals surface area contributed by atoms with E-state index in [1.807, 2.05) is 32.9 Å². The van der Waals surface area contributed by atoms with Crippen molar-refractivity contribution in [2.45, 2.75) is 44.9 Å². The summed E-state index contributed by atoms with van der Waals surface area (Å²) in [4.78, 5) is 13.0. The summed E-state index contributed by atoms with van der Waals surface area (Å²) >= 11 is 0. The molecule has 1 spiro atoms. The first-order valence-electron chi connectivity index (χ1n) is 9.39. The predicted octanol–water partition coefficient (Wildman–Crippen LogP) is 3.36. The van der Waals surface area contributed by atoms with Crippen molar-refractivity contribution in [2.75, 3.05) is 19.7 Å². The highest BCUT2D eigenvalue weighted by atomic mass is 32.2. The van der Waals surface area contributed by atoms with E-state index in [1.165, 1.54) is 4.31 Å². The van der Waals surface area contributed by atoms with E-state index in [2.05, 4.69) is 0 Å². The Hall–Kier alpha value is -1.92. The lowest BCUT2D eigenvalue weighted by Gasteiger charge is -2.40. The second kappa shape index (κ2) is 6.31. The van der Waals surface area contributed by atoms with Gasteiger partial charge in [-0.2, -0.15) is 4.31 Å². The van der Waals surface area contributed by atoms with Crippen LogP contribution in [-0.2, 0) is 19.6 Å². The van der Waals surface area contributed by atoms with Crippen LogP contribution >= 0.6 is 0 Å². The van der Waals surface area contributed by atoms with Gasteiger partial charge in [0.2, 0.25) is 10.0 Å². The van der Waals surface area contributed by atoms with Crippen LogP contribution in [0, 0.1) is 12.3 Å². The summed E-state index contributed by atoms with van der Waals surface area (Å²) < 4.78 is 33.2. The molecule has 0 N–H and O–H groups in total. The van der Waals surface area contributed by atoms with Crippen LogP contribution in [0.15, 0.2) is 51.5 Å². The standard InChI is InChI=1S/C21H25NO4S/c1-14-5-7-17(8-6-14)27(24,25)22-12-18-15(2)11-21(16(3)19(18)13-22)9-4-10-26-20(21)23/h5-8H,4,9-13H2,1-3H3/t21-/m1/s1. The average molecular weight is 388 g/mol. The van der Waals surface area contributed by atoms with E-state index in [-0.39, 0.29) is 5.97 Å². The largest absolute Gasteiger partial charge is 0.465 e. The quantitative estimate of drug-likeness (QED) is 0.730. The highest BCUT2D eigenvalue weighted by Crippen LogP contribution is 2.50. The molecule has 2 heterocycles. The van der Waals surface area contributed by atoms with Crippen molar-refractivity contribution in [3.63, 3.8) is 0 Å². The second-order valence-corrected chi connectivity index (χ2v) is 9.88. The van der Waals surface area contributed by atoms with Gasteiger partial charge in [-0.1, -0.05) is 28.8 Å². The third-order valence-electron chi connectivity index (χ3n) is 6.32. The number of hydrogen-bond donors (Lipinski definition) is 0. The van der Waals surface area contributed by atoms with Crippen molar-refractivity contribution in [3.8, 4) is 0 Å². The first-order valence-corrected chi connectivity index (χ1v) is 10.8. The molecule has 1 aliphatic carbocycles. The third-order valence-corrected chi connectivity index (χ3v) is 8.12. The van der Waals surface area contributed by atoms with Crippen LogP contribution in [0.25, 0.3) is 0 Å². The van der Waals surface area contributed by atoms with Gasteiger partial charge in [0.15, 0.2) is 0 Å². The summed E-state index contributed by atoms with van der Waals surface area (Å²) in [6.07, 6.45) is 2.26. The number of sulfonamides is 1. The lowest BCUT2D eigenvalue weighted by Crippen LogP contribution is -2.41. The Kier molecular flexibility index (Phi) is 4.31. The molecule has 0 unspecified atom stereocenters. The number of fused-ring (bicyclic) bond motifs is 1. The first-order chi connectivity index (χ1) is 12.8. The number of carbonyl (C=O) groups is 1. The number of benzene rings is 1. The fraction of sp³-hybridized carbons (Fsp3) is 0.476. The van der Waals surface area contributed by atoms with Gasteiger partial charge in [0.05, 0.1) is 16.9 Å². The maximum Gasteiger partial charge on any atom is 0.316 e. The fourth-order valence-corrected chi connectivity index (χ4v) is 6.00. The van der Waals surface area contributed by atoms with Gasteiger partial charge in [-0.15, -0.1) is 0 Å². The smallest absolute Gasteiger partial charge is 0.316 e. The molecule has 2 aliphatic heterocycles. The van der Waals surface area contributed by atoms with Crippen molar-refractivity contribution in [1.82, 2.24) is 4.31 Å². The Morgan fingerprint density at radius 2 is 1.70 bits per heavy atom. The molecular weight excluding hydrogens is 362 g/mol. The van der Waals surface area contributed by atoms with Gasteiger partial charge in [0.25, 0.3) is 0 Å². The molecular formula is C21H25NO4S. The van der Waals surface area contributed by atoms with Crippen LogP contribution in [0.3, 0.4) is 0 Å². The number of aryl methyl sites for hydroxylation is 1. The van der Waals surface area contributed by atoms with Crippen LogP contribution in [0.5, 0.6) is 0 Å². The molecule has 0 bridgehead atoms. The van der Waals surface area contributed by atoms with Gasteiger partial charge >= 0.3 is 5.97 Å². The molecule has 0 amide bonds. The molecule has 0 saturated carbocycles. The summed E-state index contributed by atoms with van der Waals surface area (Å²) in [7, 11) is -3.57. The maximum absolute atomic E-state index is 13.1. The van der Waals surface area contributed by atoms with Crippen LogP contribution in [0.2, 0.25) is 0 Å². The Bertz CT molecular complexity index is 972. The zero-order chi connectivity index (χ0) is 19.4. The van der Waals surface area contributed by atoms with Crippen LogP contribution in [-0.4, -0.2) is 38.4 Å². The Balaban J connectivity index is 1.73. The van der Waals surface area contributed by atoms with Crippen molar-refractivity contribution < 1.29 is 17.9 Å². The lowest BCUT2D eigenvalue weighted by molar-refractivity contribution is -0.159. The van der Waals surface area contributed by atoms with E-state index < -0.39 is 15.4 Å². The highest BCUT2D eigenvalue weighted by Gasteiger charge is 2.49. The van der Waals surface area contributed by atoms with Gasteiger partial charge in [-0.25, -0.2) is 8.42 Å². The van der Waals surface area contributed by atoms with E-state index in [1.54, 1.807) is 12.1 Å². The third kappa shape index (κ3) is 2.77. The summed E-state index contributed by atoms with van der Waals surface area (Å²) in [6.45, 7) is 7.12. The predicted molar refractivity (Wildman–Crippen MR) is 103 cm³/mol. The molecule has 144 valence electrons. The minimum atomic E-state index is -3.57. The van der Waals surface area contributed by atoms with Crippen LogP contribution < -0.4 is 0 Å². The van der Waals surface area contributed by atoms with Gasteiger partial charge in [0.1, 0.15) is 0 Å². The number of nitrogens with zero attached hydrogens (tertiary/aromatic N) is 1. The molecule has 3 aliphatic rings. The molecule has 2 saturated heterocycles. The number of allylic oxidation sites excluding steroid dienone is 1. The number of esters is 1. The van der Waals surface area contributed by atoms with Crippen molar-refractivity contribution in [1.29, 1.82) is 0 Å². The van der Waals surface area contributed by atoms with Crippen LogP contribution in [0.1, 0.15) is 38.7 Å². The van der Waals surface area contributed by atoms with Gasteiger partial charge < -0.3 is 4.74 Å². The SMILES string of the molecule is CC1=C2CN(S(=O)(=O)c3ccc(C)cc3)CC2=C(C)[C@@]2(CCCOC2=O)C1. The van der Waals surface area contributed by atoms with E-state index >= 15 is 0 Å². The molecule has 1 aromatic carbocycles. The molecule has 4 rings (SSSR count). The highest BCUT2D eigenvalue weighted by molar-refractivity contribution is 7.89. The monoisotopic (exact) mass is 387 g/mol. The average Bonchev–Trinajstić information content (AvgIpc) is 3.09. The summed E-state index contributed by atoms with van der Waals surface area (Å²) in [5, 5.41) is 0. The Labute approximate surface area is 160 Å². The minimum absolute atomic E-state index is 0.156. The van der Waals surface area contributed by atoms with E-state index in [9.17, 15) is 13.2 Å². The molecule has 5 nitrogen and oxygen atoms in total. The van der Waals surface area contributed by atoms with E-state index in [4.69, 9.17) is 4.74 Å². The van der Waals surface area contributed by atoms with Crippen molar-refractivity contribution in [3.05, 3.63) is 52.1 Å². The Morgan fingerprint density at radius 3 is 2.37 bits per heavy atom. The lowest BCUT2D eigenvalue weighted by atomic mass is 9.66. The fourth-order valence-electron chi connectivity index (χ4n) is 4.63. The zero-order valence-electron chi connectivity index (χ0n) is 16.0. The molecule has 0 aromatic heterocycles. The number of hydrogen-bond acceptors (Lipinski definition) is 4. The molecule has 1 atom stereocenters. The number of ether oxygens (including phenoxy) is 1. The zero-order valence-corrected chi connectivity index (χ0v) is 16.9. The summed E-state index contributed by atoms with van der Waals surface area (Å²) in [6, 6.07) is 6.96. The van der Waals surface area contributed by atoms with E-state index in [0.29, 0.717) is 31.0 Å². The number of rotatable bonds is 2. The Morgan fingerprint density at radius 1 is 1.04 bits per heavy atom. The normalized spacial score (nSPS) is 26.6. The number of cyclic esters (lactones) is 1. The van der Waals surface area contributed by atoms with Crippen molar-refractivity contribution >= 4 is 16.0 Å². The van der Waals surface area contributed by atoms with Crippen molar-refractivity contribution in [2.24, 2.45) is 5.41 Å². The summed E-state index contributed by atoms with van der Waals surface area (Å²) in [5.74, 6) is -0.156. The molecule has 6 heteroatoms. The molecule has 2 fully saturated rings. The van der Waals surface area contributed by atoms with Gasteiger partial charge in [-0.3, -0.25) is 4.79 Å². The van der Waals surface area contributed by atoms with Gasteiger partial charge in [-0.05, 0) is 63.3 Å². The number of carbonyl (C=O) groups excluding carboxylic acids is 1. The first kappa shape index (κ1) is 18.4. The minimum Gasteiger partial charge on any atom is -0.465 e. The topological polar surface area (TPSA) is 63.7 Å².